The molecule has 5 aromatic rings. The third kappa shape index (κ3) is 4.27. The van der Waals surface area contributed by atoms with Crippen LogP contribution >= 0.6 is 0 Å². The molecule has 2 heterocycles. The van der Waals surface area contributed by atoms with Crippen molar-refractivity contribution in [3.05, 3.63) is 102 Å². The molecule has 8 heteroatoms. The van der Waals surface area contributed by atoms with Crippen molar-refractivity contribution in [2.45, 2.75) is 6.92 Å². The highest BCUT2D eigenvalue weighted by molar-refractivity contribution is 6.04. The summed E-state index contributed by atoms with van der Waals surface area (Å²) in [5, 5.41) is 11.1. The van der Waals surface area contributed by atoms with Gasteiger partial charge in [-0.2, -0.15) is 5.10 Å². The summed E-state index contributed by atoms with van der Waals surface area (Å²) in [6.45, 7) is 2.00. The zero-order valence-electron chi connectivity index (χ0n) is 17.7. The number of benzene rings is 3. The van der Waals surface area contributed by atoms with E-state index >= 15 is 0 Å². The van der Waals surface area contributed by atoms with E-state index in [4.69, 9.17) is 0 Å². The fourth-order valence-corrected chi connectivity index (χ4v) is 3.42. The summed E-state index contributed by atoms with van der Waals surface area (Å²) in [4.78, 5) is 21.1. The maximum atomic E-state index is 13.6. The van der Waals surface area contributed by atoms with Crippen LogP contribution < -0.4 is 10.6 Å². The van der Waals surface area contributed by atoms with E-state index in [1.54, 1.807) is 47.3 Å². The molecule has 0 aliphatic carbocycles. The molecular formula is C25H19FN6O. The van der Waals surface area contributed by atoms with Crippen LogP contribution in [0.15, 0.2) is 85.3 Å². The molecule has 0 aliphatic rings. The molecule has 2 aromatic heterocycles. The Bertz CT molecular complexity index is 1440. The van der Waals surface area contributed by atoms with Gasteiger partial charge in [-0.15, -0.1) is 0 Å². The molecule has 7 nitrogen and oxygen atoms in total. The average Bonchev–Trinajstić information content (AvgIpc) is 3.26. The minimum Gasteiger partial charge on any atom is -0.340 e. The third-order valence-electron chi connectivity index (χ3n) is 5.14. The van der Waals surface area contributed by atoms with Crippen LogP contribution in [0.2, 0.25) is 0 Å². The van der Waals surface area contributed by atoms with Gasteiger partial charge in [0.1, 0.15) is 18.0 Å². The molecule has 0 saturated carbocycles. The molecule has 3 aromatic carbocycles. The summed E-state index contributed by atoms with van der Waals surface area (Å²) >= 11 is 0. The molecule has 5 rings (SSSR count). The lowest BCUT2D eigenvalue weighted by molar-refractivity contribution is 0.102. The highest BCUT2D eigenvalue weighted by Crippen LogP contribution is 2.25. The van der Waals surface area contributed by atoms with Crippen molar-refractivity contribution in [2.75, 3.05) is 10.6 Å². The number of fused-ring (bicyclic) bond motifs is 1. The minimum absolute atomic E-state index is 0.189. The van der Waals surface area contributed by atoms with E-state index in [9.17, 15) is 9.18 Å². The lowest BCUT2D eigenvalue weighted by Crippen LogP contribution is -2.11. The Kier molecular flexibility index (Phi) is 5.24. The molecule has 1 amide bonds. The van der Waals surface area contributed by atoms with Gasteiger partial charge in [0.15, 0.2) is 5.65 Å². The summed E-state index contributed by atoms with van der Waals surface area (Å²) in [6, 6.07) is 20.8. The van der Waals surface area contributed by atoms with Gasteiger partial charge >= 0.3 is 0 Å². The van der Waals surface area contributed by atoms with E-state index in [-0.39, 0.29) is 11.7 Å². The van der Waals surface area contributed by atoms with Crippen LogP contribution in [-0.4, -0.2) is 25.7 Å². The molecule has 2 N–H and O–H groups in total. The lowest BCUT2D eigenvalue weighted by Gasteiger charge is -2.09. The fraction of sp³-hybridized carbons (Fsp3) is 0.0400. The highest BCUT2D eigenvalue weighted by atomic mass is 19.1. The Hall–Kier alpha value is -4.59. The Morgan fingerprint density at radius 2 is 1.70 bits per heavy atom. The second-order valence-corrected chi connectivity index (χ2v) is 7.52. The fourth-order valence-electron chi connectivity index (χ4n) is 3.42. The van der Waals surface area contributed by atoms with Crippen LogP contribution in [0, 0.1) is 12.7 Å². The number of carbonyl (C=O) groups is 1. The van der Waals surface area contributed by atoms with Gasteiger partial charge in [0.2, 0.25) is 0 Å². The molecule has 33 heavy (non-hydrogen) atoms. The Morgan fingerprint density at radius 1 is 0.939 bits per heavy atom. The lowest BCUT2D eigenvalue weighted by atomic mass is 10.1. The van der Waals surface area contributed by atoms with Crippen molar-refractivity contribution in [3.8, 4) is 5.69 Å². The normalized spacial score (nSPS) is 10.8. The first-order valence-corrected chi connectivity index (χ1v) is 10.3. The smallest absolute Gasteiger partial charge is 0.255 e. The number of nitrogens with zero attached hydrogens (tertiary/aromatic N) is 4. The molecule has 0 fully saturated rings. The zero-order chi connectivity index (χ0) is 22.8. The SMILES string of the molecule is Cc1ccc(NC(=O)c2ccc(Nc3ncnc4c3cnn4-c3cccc(F)c3)cc2)cc1. The van der Waals surface area contributed by atoms with Crippen LogP contribution in [0.5, 0.6) is 0 Å². The summed E-state index contributed by atoms with van der Waals surface area (Å²) in [7, 11) is 0. The second-order valence-electron chi connectivity index (χ2n) is 7.52. The van der Waals surface area contributed by atoms with Gasteiger partial charge in [-0.1, -0.05) is 23.8 Å². The van der Waals surface area contributed by atoms with Crippen LogP contribution in [0.3, 0.4) is 0 Å². The number of rotatable bonds is 5. The number of anilines is 3. The van der Waals surface area contributed by atoms with Crippen molar-refractivity contribution >= 4 is 34.1 Å². The summed E-state index contributed by atoms with van der Waals surface area (Å²) < 4.78 is 15.2. The van der Waals surface area contributed by atoms with Crippen LogP contribution in [-0.2, 0) is 0 Å². The summed E-state index contributed by atoms with van der Waals surface area (Å²) in [5.41, 5.74) is 4.27. The van der Waals surface area contributed by atoms with Gasteiger partial charge in [0, 0.05) is 16.9 Å². The standard InChI is InChI=1S/C25H19FN6O/c1-16-5-9-20(10-6-16)31-25(33)17-7-11-19(12-8-17)30-23-22-14-29-32(24(22)28-15-27-23)21-4-2-3-18(26)13-21/h2-15H,1H3,(H,31,33)(H,27,28,30). The maximum absolute atomic E-state index is 13.6. The number of amides is 1. The van der Waals surface area contributed by atoms with E-state index in [2.05, 4.69) is 25.7 Å². The number of aromatic nitrogens is 4. The Morgan fingerprint density at radius 3 is 2.45 bits per heavy atom. The van der Waals surface area contributed by atoms with E-state index in [1.807, 2.05) is 31.2 Å². The van der Waals surface area contributed by atoms with Crippen molar-refractivity contribution < 1.29 is 9.18 Å². The number of nitrogens with one attached hydrogen (secondary N) is 2. The topological polar surface area (TPSA) is 84.7 Å². The quantitative estimate of drug-likeness (QED) is 0.391. The van der Waals surface area contributed by atoms with Gasteiger partial charge in [-0.3, -0.25) is 4.79 Å². The van der Waals surface area contributed by atoms with Gasteiger partial charge in [-0.25, -0.2) is 19.0 Å². The van der Waals surface area contributed by atoms with Crippen LogP contribution in [0.25, 0.3) is 16.7 Å². The monoisotopic (exact) mass is 438 g/mol. The molecule has 0 spiro atoms. The molecule has 0 bridgehead atoms. The molecule has 0 aliphatic heterocycles. The Labute approximate surface area is 188 Å². The second kappa shape index (κ2) is 8.51. The number of hydrogen-bond donors (Lipinski definition) is 2. The van der Waals surface area contributed by atoms with Gasteiger partial charge in [-0.05, 0) is 61.5 Å². The third-order valence-corrected chi connectivity index (χ3v) is 5.14. The molecular weight excluding hydrogens is 419 g/mol. The largest absolute Gasteiger partial charge is 0.340 e. The van der Waals surface area contributed by atoms with Gasteiger partial charge in [0.25, 0.3) is 5.91 Å². The molecule has 0 saturated heterocycles. The zero-order valence-corrected chi connectivity index (χ0v) is 17.7. The maximum Gasteiger partial charge on any atom is 0.255 e. The van der Waals surface area contributed by atoms with Gasteiger partial charge < -0.3 is 10.6 Å². The van der Waals surface area contributed by atoms with E-state index in [0.717, 1.165) is 16.9 Å². The number of carbonyl (C=O) groups excluding carboxylic acids is 1. The van der Waals surface area contributed by atoms with Gasteiger partial charge in [0.05, 0.1) is 17.3 Å². The first kappa shape index (κ1) is 20.3. The first-order valence-electron chi connectivity index (χ1n) is 10.3. The molecule has 162 valence electrons. The highest BCUT2D eigenvalue weighted by Gasteiger charge is 2.12. The predicted molar refractivity (Wildman–Crippen MR) is 125 cm³/mol. The van der Waals surface area contributed by atoms with Crippen molar-refractivity contribution in [1.29, 1.82) is 0 Å². The van der Waals surface area contributed by atoms with Crippen molar-refractivity contribution in [3.63, 3.8) is 0 Å². The minimum atomic E-state index is -0.352. The number of aryl methyl sites for hydroxylation is 1. The number of hydrogen-bond acceptors (Lipinski definition) is 5. The molecule has 0 radical (unpaired) electrons. The first-order chi connectivity index (χ1) is 16.1. The van der Waals surface area contributed by atoms with E-state index in [1.165, 1.54) is 18.5 Å². The van der Waals surface area contributed by atoms with Crippen molar-refractivity contribution in [1.82, 2.24) is 19.7 Å². The molecule has 0 unspecified atom stereocenters. The molecule has 0 atom stereocenters. The van der Waals surface area contributed by atoms with E-state index in [0.29, 0.717) is 28.1 Å². The average molecular weight is 438 g/mol. The van der Waals surface area contributed by atoms with Crippen LogP contribution in [0.1, 0.15) is 15.9 Å². The number of halogens is 1. The van der Waals surface area contributed by atoms with Crippen molar-refractivity contribution in [2.24, 2.45) is 0 Å². The predicted octanol–water partition coefficient (Wildman–Crippen LogP) is 5.26. The Balaban J connectivity index is 1.35. The van der Waals surface area contributed by atoms with Crippen LogP contribution in [0.4, 0.5) is 21.6 Å². The summed E-state index contributed by atoms with van der Waals surface area (Å²) in [5.74, 6) is 0.0146. The summed E-state index contributed by atoms with van der Waals surface area (Å²) in [6.07, 6.45) is 3.05. The van der Waals surface area contributed by atoms with E-state index < -0.39 is 0 Å².